The van der Waals surface area contributed by atoms with Gasteiger partial charge in [-0.1, -0.05) is 54.8 Å². The van der Waals surface area contributed by atoms with Crippen molar-refractivity contribution in [1.82, 2.24) is 10.6 Å². The fourth-order valence-corrected chi connectivity index (χ4v) is 4.48. The van der Waals surface area contributed by atoms with Gasteiger partial charge in [-0.3, -0.25) is 0 Å². The van der Waals surface area contributed by atoms with Crippen molar-refractivity contribution in [3.05, 3.63) is 64.7 Å². The maximum Gasteiger partial charge on any atom is 0.203 e. The summed E-state index contributed by atoms with van der Waals surface area (Å²) in [5.41, 5.74) is 4.11. The second-order valence-corrected chi connectivity index (χ2v) is 7.33. The third kappa shape index (κ3) is 2.91. The minimum Gasteiger partial charge on any atom is -0.493 e. The van der Waals surface area contributed by atoms with E-state index in [1.807, 2.05) is 30.3 Å². The van der Waals surface area contributed by atoms with Crippen LogP contribution in [0.15, 0.2) is 53.6 Å². The van der Waals surface area contributed by atoms with Crippen molar-refractivity contribution in [3.63, 3.8) is 0 Å². The van der Waals surface area contributed by atoms with Crippen molar-refractivity contribution >= 4 is 34.4 Å². The summed E-state index contributed by atoms with van der Waals surface area (Å²) in [6.45, 7) is 0. The van der Waals surface area contributed by atoms with Crippen LogP contribution >= 0.6 is 24.4 Å². The van der Waals surface area contributed by atoms with E-state index in [4.69, 9.17) is 38.6 Å². The van der Waals surface area contributed by atoms with Crippen LogP contribution in [-0.2, 0) is 0 Å². The van der Waals surface area contributed by atoms with Crippen LogP contribution in [0.5, 0.6) is 17.2 Å². The smallest absolute Gasteiger partial charge is 0.203 e. The molecular weight excluding hydrogens is 392 g/mol. The summed E-state index contributed by atoms with van der Waals surface area (Å²) in [6, 6.07) is 13.8. The van der Waals surface area contributed by atoms with Crippen LogP contribution < -0.4 is 24.8 Å². The van der Waals surface area contributed by atoms with Crippen LogP contribution in [0.3, 0.4) is 0 Å². The molecule has 0 aromatic heterocycles. The normalized spacial score (nSPS) is 20.5. The minimum atomic E-state index is -0.176. The van der Waals surface area contributed by atoms with E-state index < -0.39 is 0 Å². The molecule has 2 aliphatic heterocycles. The van der Waals surface area contributed by atoms with Crippen molar-refractivity contribution in [1.29, 1.82) is 0 Å². The highest BCUT2D eigenvalue weighted by Crippen LogP contribution is 2.46. The van der Waals surface area contributed by atoms with E-state index in [0.29, 0.717) is 27.2 Å². The van der Waals surface area contributed by atoms with E-state index >= 15 is 0 Å². The van der Waals surface area contributed by atoms with E-state index in [-0.39, 0.29) is 12.1 Å². The lowest BCUT2D eigenvalue weighted by atomic mass is 9.95. The fourth-order valence-electron chi connectivity index (χ4n) is 3.79. The topological polar surface area (TPSA) is 51.8 Å². The summed E-state index contributed by atoms with van der Waals surface area (Å²) in [5, 5.41) is 6.85. The van der Waals surface area contributed by atoms with Crippen LogP contribution in [0.4, 0.5) is 0 Å². The van der Waals surface area contributed by atoms with Gasteiger partial charge in [0.1, 0.15) is 9.98 Å². The Labute approximate surface area is 174 Å². The zero-order valence-electron chi connectivity index (χ0n) is 15.7. The molecule has 2 aromatic carbocycles. The molecule has 2 unspecified atom stereocenters. The molecule has 2 aromatic rings. The Morgan fingerprint density at radius 2 is 1.21 bits per heavy atom. The van der Waals surface area contributed by atoms with E-state index in [1.165, 1.54) is 0 Å². The zero-order chi connectivity index (χ0) is 19.8. The summed E-state index contributed by atoms with van der Waals surface area (Å²) < 4.78 is 16.4. The van der Waals surface area contributed by atoms with Gasteiger partial charge < -0.3 is 24.8 Å². The molecule has 0 fully saturated rings. The number of hydrogen-bond donors (Lipinski definition) is 2. The standard InChI is InChI=1S/C21H20N2O3S2/c1-24-13-9-12(10-14(25-2)19(13)26-3)18-16-15(20(27)23-18)17(22-21(16)28)11-7-5-4-6-8-11/h4-10,17-18H,1-3H3,(H,22,28)(H,23,27). The molecule has 144 valence electrons. The van der Waals surface area contributed by atoms with Crippen LogP contribution in [-0.4, -0.2) is 31.3 Å². The first-order valence-corrected chi connectivity index (χ1v) is 9.61. The Kier molecular flexibility index (Phi) is 4.95. The molecule has 0 spiro atoms. The van der Waals surface area contributed by atoms with Crippen molar-refractivity contribution in [3.8, 4) is 17.2 Å². The molecule has 2 N–H and O–H groups in total. The van der Waals surface area contributed by atoms with Crippen molar-refractivity contribution < 1.29 is 14.2 Å². The van der Waals surface area contributed by atoms with Crippen LogP contribution in [0.25, 0.3) is 0 Å². The minimum absolute atomic E-state index is 0.0456. The molecule has 28 heavy (non-hydrogen) atoms. The lowest BCUT2D eigenvalue weighted by molar-refractivity contribution is 0.323. The van der Waals surface area contributed by atoms with Gasteiger partial charge in [-0.15, -0.1) is 0 Å². The monoisotopic (exact) mass is 412 g/mol. The second kappa shape index (κ2) is 7.41. The van der Waals surface area contributed by atoms with E-state index in [2.05, 4.69) is 22.8 Å². The molecule has 7 heteroatoms. The lowest BCUT2D eigenvalue weighted by Gasteiger charge is -2.21. The van der Waals surface area contributed by atoms with Gasteiger partial charge in [0.05, 0.1) is 33.4 Å². The van der Waals surface area contributed by atoms with Gasteiger partial charge in [0.25, 0.3) is 0 Å². The largest absolute Gasteiger partial charge is 0.493 e. The van der Waals surface area contributed by atoms with Gasteiger partial charge in [-0.2, -0.15) is 0 Å². The highest BCUT2D eigenvalue weighted by atomic mass is 32.1. The highest BCUT2D eigenvalue weighted by Gasteiger charge is 2.42. The van der Waals surface area contributed by atoms with E-state index in [1.54, 1.807) is 21.3 Å². The van der Waals surface area contributed by atoms with Gasteiger partial charge in [0, 0.05) is 11.1 Å². The number of benzene rings is 2. The quantitative estimate of drug-likeness (QED) is 0.727. The van der Waals surface area contributed by atoms with Crippen molar-refractivity contribution in [2.75, 3.05) is 21.3 Å². The van der Waals surface area contributed by atoms with Crippen LogP contribution in [0.2, 0.25) is 0 Å². The average molecular weight is 413 g/mol. The molecule has 0 saturated heterocycles. The van der Waals surface area contributed by atoms with Crippen molar-refractivity contribution in [2.45, 2.75) is 12.1 Å². The molecule has 2 atom stereocenters. The van der Waals surface area contributed by atoms with Crippen LogP contribution in [0.1, 0.15) is 23.2 Å². The highest BCUT2D eigenvalue weighted by molar-refractivity contribution is 7.81. The average Bonchev–Trinajstić information content (AvgIpc) is 3.26. The van der Waals surface area contributed by atoms with Gasteiger partial charge in [0.2, 0.25) is 5.75 Å². The van der Waals surface area contributed by atoms with E-state index in [9.17, 15) is 0 Å². The summed E-state index contributed by atoms with van der Waals surface area (Å²) in [7, 11) is 4.79. The first kappa shape index (κ1) is 18.7. The first-order valence-electron chi connectivity index (χ1n) is 8.79. The fraction of sp³-hybridized carbons (Fsp3) is 0.238. The lowest BCUT2D eigenvalue weighted by Crippen LogP contribution is -2.31. The molecule has 0 amide bonds. The summed E-state index contributed by atoms with van der Waals surface area (Å²) in [6.07, 6.45) is 0. The molecule has 2 heterocycles. The molecule has 4 rings (SSSR count). The van der Waals surface area contributed by atoms with Crippen molar-refractivity contribution in [2.24, 2.45) is 0 Å². The Bertz CT molecular complexity index is 961. The number of rotatable bonds is 5. The molecule has 0 bridgehead atoms. The molecule has 0 radical (unpaired) electrons. The first-order chi connectivity index (χ1) is 13.6. The number of nitrogens with one attached hydrogen (secondary N) is 2. The van der Waals surface area contributed by atoms with Gasteiger partial charge >= 0.3 is 0 Å². The number of methoxy groups -OCH3 is 3. The predicted molar refractivity (Wildman–Crippen MR) is 117 cm³/mol. The SMILES string of the molecule is COc1cc(C2NC(=S)C3=C2C(=S)NC3c2ccccc2)cc(OC)c1OC. The molecule has 0 aliphatic carbocycles. The summed E-state index contributed by atoms with van der Waals surface area (Å²) in [5.74, 6) is 1.74. The Morgan fingerprint density at radius 3 is 1.68 bits per heavy atom. The number of hydrogen-bond acceptors (Lipinski definition) is 5. The van der Waals surface area contributed by atoms with Gasteiger partial charge in [-0.05, 0) is 23.3 Å². The maximum atomic E-state index is 5.68. The second-order valence-electron chi connectivity index (χ2n) is 6.51. The predicted octanol–water partition coefficient (Wildman–Crippen LogP) is 3.65. The molecular formula is C21H20N2O3S2. The zero-order valence-corrected chi connectivity index (χ0v) is 17.4. The third-order valence-electron chi connectivity index (χ3n) is 5.06. The molecule has 5 nitrogen and oxygen atoms in total. The maximum absolute atomic E-state index is 5.68. The van der Waals surface area contributed by atoms with E-state index in [0.717, 1.165) is 22.3 Å². The van der Waals surface area contributed by atoms with Gasteiger partial charge in [-0.25, -0.2) is 0 Å². The van der Waals surface area contributed by atoms with Crippen LogP contribution in [0, 0.1) is 0 Å². The summed E-state index contributed by atoms with van der Waals surface area (Å²) in [4.78, 5) is 1.41. The molecule has 2 aliphatic rings. The Balaban J connectivity index is 1.81. The Hall–Kier alpha value is -2.64. The number of ether oxygens (including phenoxy) is 3. The number of thiocarbonyl (C=S) groups is 2. The molecule has 0 saturated carbocycles. The van der Waals surface area contributed by atoms with Gasteiger partial charge in [0.15, 0.2) is 11.5 Å². The third-order valence-corrected chi connectivity index (χ3v) is 5.74. The Morgan fingerprint density at radius 1 is 0.714 bits per heavy atom. The summed E-state index contributed by atoms with van der Waals surface area (Å²) >= 11 is 11.4.